The van der Waals surface area contributed by atoms with Crippen molar-refractivity contribution < 1.29 is 24.2 Å². The number of aliphatic carboxylic acids is 1. The Bertz CT molecular complexity index is 832. The zero-order valence-electron chi connectivity index (χ0n) is 17.4. The van der Waals surface area contributed by atoms with Gasteiger partial charge in [0.2, 0.25) is 5.91 Å². The molecule has 0 spiro atoms. The molecule has 0 aliphatic carbocycles. The maximum absolute atomic E-state index is 12.7. The van der Waals surface area contributed by atoms with Crippen molar-refractivity contribution in [1.29, 1.82) is 0 Å². The molecule has 2 unspecified atom stereocenters. The second-order valence-corrected chi connectivity index (χ2v) is 7.05. The first-order valence-corrected chi connectivity index (χ1v) is 9.67. The molecule has 0 radical (unpaired) electrons. The molecule has 0 saturated carbocycles. The Balaban J connectivity index is 2.17. The van der Waals surface area contributed by atoms with E-state index in [0.29, 0.717) is 23.5 Å². The number of nitrogens with one attached hydrogen (secondary N) is 1. The van der Waals surface area contributed by atoms with Gasteiger partial charge in [0.05, 0.1) is 26.7 Å². The Morgan fingerprint density at radius 3 is 2.14 bits per heavy atom. The molecule has 0 bridgehead atoms. The van der Waals surface area contributed by atoms with Gasteiger partial charge >= 0.3 is 5.97 Å². The zero-order valence-corrected chi connectivity index (χ0v) is 17.4. The van der Waals surface area contributed by atoms with Gasteiger partial charge in [0.1, 0.15) is 0 Å². The second kappa shape index (κ2) is 10.5. The molecule has 0 saturated heterocycles. The smallest absolute Gasteiger partial charge is 0.305 e. The van der Waals surface area contributed by atoms with Gasteiger partial charge in [-0.1, -0.05) is 42.8 Å². The van der Waals surface area contributed by atoms with Gasteiger partial charge in [-0.05, 0) is 42.5 Å². The van der Waals surface area contributed by atoms with E-state index in [4.69, 9.17) is 9.47 Å². The first-order chi connectivity index (χ1) is 13.9. The standard InChI is InChI=1S/C23H29NO5/c1-5-16(17-8-6-15(2)7-9-17)13-22(25)24-19(14-23(26)27)18-10-11-20(28-3)21(12-18)29-4/h6-12,16,19H,5,13-14H2,1-4H3,(H,24,25)(H,26,27). The molecule has 0 aliphatic heterocycles. The Labute approximate surface area is 171 Å². The summed E-state index contributed by atoms with van der Waals surface area (Å²) >= 11 is 0. The van der Waals surface area contributed by atoms with Crippen molar-refractivity contribution in [2.45, 2.75) is 45.1 Å². The van der Waals surface area contributed by atoms with Crippen molar-refractivity contribution in [3.8, 4) is 11.5 Å². The molecule has 156 valence electrons. The number of amides is 1. The molecule has 2 aromatic carbocycles. The highest BCUT2D eigenvalue weighted by Crippen LogP contribution is 2.31. The lowest BCUT2D eigenvalue weighted by molar-refractivity contribution is -0.137. The van der Waals surface area contributed by atoms with Crippen molar-refractivity contribution in [2.75, 3.05) is 14.2 Å². The number of carbonyl (C=O) groups excluding carboxylic acids is 1. The molecule has 29 heavy (non-hydrogen) atoms. The van der Waals surface area contributed by atoms with Crippen LogP contribution in [0.2, 0.25) is 0 Å². The van der Waals surface area contributed by atoms with Crippen molar-refractivity contribution in [3.63, 3.8) is 0 Å². The van der Waals surface area contributed by atoms with Crippen molar-refractivity contribution in [1.82, 2.24) is 5.32 Å². The summed E-state index contributed by atoms with van der Waals surface area (Å²) in [7, 11) is 3.05. The minimum absolute atomic E-state index is 0.0754. The largest absolute Gasteiger partial charge is 0.493 e. The maximum Gasteiger partial charge on any atom is 0.305 e. The van der Waals surface area contributed by atoms with Crippen LogP contribution in [0.3, 0.4) is 0 Å². The predicted molar refractivity (Wildman–Crippen MR) is 112 cm³/mol. The lowest BCUT2D eigenvalue weighted by atomic mass is 9.92. The average molecular weight is 399 g/mol. The number of hydrogen-bond acceptors (Lipinski definition) is 4. The minimum Gasteiger partial charge on any atom is -0.493 e. The second-order valence-electron chi connectivity index (χ2n) is 7.05. The van der Waals surface area contributed by atoms with Gasteiger partial charge in [0.15, 0.2) is 11.5 Å². The summed E-state index contributed by atoms with van der Waals surface area (Å²) in [5, 5.41) is 12.2. The number of carboxylic acids is 1. The third-order valence-electron chi connectivity index (χ3n) is 5.00. The van der Waals surface area contributed by atoms with Gasteiger partial charge in [-0.15, -0.1) is 0 Å². The summed E-state index contributed by atoms with van der Waals surface area (Å²) in [6.07, 6.45) is 0.891. The summed E-state index contributed by atoms with van der Waals surface area (Å²) in [5.74, 6) is -0.0663. The normalized spacial score (nSPS) is 12.7. The van der Waals surface area contributed by atoms with Gasteiger partial charge in [-0.2, -0.15) is 0 Å². The summed E-state index contributed by atoms with van der Waals surface area (Å²) in [6, 6.07) is 12.6. The molecule has 0 aliphatic rings. The van der Waals surface area contributed by atoms with Crippen LogP contribution in [-0.2, 0) is 9.59 Å². The summed E-state index contributed by atoms with van der Waals surface area (Å²) in [4.78, 5) is 24.1. The zero-order chi connectivity index (χ0) is 21.4. The van der Waals surface area contributed by atoms with Crippen LogP contribution in [0.15, 0.2) is 42.5 Å². The minimum atomic E-state index is -0.990. The van der Waals surface area contributed by atoms with Gasteiger partial charge < -0.3 is 19.9 Å². The van der Waals surface area contributed by atoms with Crippen molar-refractivity contribution in [3.05, 3.63) is 59.2 Å². The van der Waals surface area contributed by atoms with Gasteiger partial charge in [0.25, 0.3) is 0 Å². The van der Waals surface area contributed by atoms with Crippen LogP contribution in [0.25, 0.3) is 0 Å². The van der Waals surface area contributed by atoms with Crippen LogP contribution >= 0.6 is 0 Å². The highest BCUT2D eigenvalue weighted by molar-refractivity contribution is 5.78. The lowest BCUT2D eigenvalue weighted by Gasteiger charge is -2.21. The SMILES string of the molecule is CCC(CC(=O)NC(CC(=O)O)c1ccc(OC)c(OC)c1)c1ccc(C)cc1. The van der Waals surface area contributed by atoms with Crippen LogP contribution in [0.4, 0.5) is 0 Å². The van der Waals surface area contributed by atoms with Crippen molar-refractivity contribution >= 4 is 11.9 Å². The molecule has 0 aromatic heterocycles. The first-order valence-electron chi connectivity index (χ1n) is 9.67. The van der Waals surface area contributed by atoms with E-state index in [1.54, 1.807) is 18.2 Å². The van der Waals surface area contributed by atoms with E-state index in [1.165, 1.54) is 19.8 Å². The number of aryl methyl sites for hydroxylation is 1. The molecular weight excluding hydrogens is 370 g/mol. The number of benzene rings is 2. The highest BCUT2D eigenvalue weighted by Gasteiger charge is 2.22. The van der Waals surface area contributed by atoms with Gasteiger partial charge in [-0.3, -0.25) is 9.59 Å². The molecule has 0 fully saturated rings. The number of methoxy groups -OCH3 is 2. The molecule has 2 rings (SSSR count). The fraction of sp³-hybridized carbons (Fsp3) is 0.391. The molecule has 2 N–H and O–H groups in total. The highest BCUT2D eigenvalue weighted by atomic mass is 16.5. The fourth-order valence-electron chi connectivity index (χ4n) is 3.31. The average Bonchev–Trinajstić information content (AvgIpc) is 2.71. The van der Waals surface area contributed by atoms with E-state index in [2.05, 4.69) is 5.32 Å². The van der Waals surface area contributed by atoms with E-state index in [1.807, 2.05) is 38.1 Å². The Morgan fingerprint density at radius 1 is 0.966 bits per heavy atom. The van der Waals surface area contributed by atoms with E-state index < -0.39 is 12.0 Å². The third-order valence-corrected chi connectivity index (χ3v) is 5.00. The van der Waals surface area contributed by atoms with Crippen LogP contribution in [-0.4, -0.2) is 31.2 Å². The Hall–Kier alpha value is -3.02. The molecular formula is C23H29NO5. The summed E-state index contributed by atoms with van der Waals surface area (Å²) in [5.41, 5.74) is 2.93. The molecule has 6 nitrogen and oxygen atoms in total. The van der Waals surface area contributed by atoms with E-state index in [-0.39, 0.29) is 18.2 Å². The number of carboxylic acid groups (broad SMARTS) is 1. The fourth-order valence-corrected chi connectivity index (χ4v) is 3.31. The predicted octanol–water partition coefficient (Wildman–Crippen LogP) is 4.23. The number of rotatable bonds is 10. The molecule has 1 amide bonds. The lowest BCUT2D eigenvalue weighted by Crippen LogP contribution is -2.31. The van der Waals surface area contributed by atoms with Crippen molar-refractivity contribution in [2.24, 2.45) is 0 Å². The molecule has 2 aromatic rings. The number of carbonyl (C=O) groups is 2. The van der Waals surface area contributed by atoms with E-state index in [0.717, 1.165) is 12.0 Å². The topological polar surface area (TPSA) is 84.9 Å². The van der Waals surface area contributed by atoms with Gasteiger partial charge in [-0.25, -0.2) is 0 Å². The quantitative estimate of drug-likeness (QED) is 0.625. The third kappa shape index (κ3) is 6.24. The number of hydrogen-bond donors (Lipinski definition) is 2. The number of ether oxygens (including phenoxy) is 2. The monoisotopic (exact) mass is 399 g/mol. The Kier molecular flexibility index (Phi) is 8.07. The molecule has 2 atom stereocenters. The van der Waals surface area contributed by atoms with E-state index in [9.17, 15) is 14.7 Å². The Morgan fingerprint density at radius 2 is 1.59 bits per heavy atom. The van der Waals surface area contributed by atoms with Crippen LogP contribution in [0.1, 0.15) is 54.8 Å². The molecule has 6 heteroatoms. The summed E-state index contributed by atoms with van der Waals surface area (Å²) < 4.78 is 10.5. The van der Waals surface area contributed by atoms with Crippen LogP contribution in [0.5, 0.6) is 11.5 Å². The van der Waals surface area contributed by atoms with Crippen LogP contribution in [0, 0.1) is 6.92 Å². The van der Waals surface area contributed by atoms with Crippen LogP contribution < -0.4 is 14.8 Å². The van der Waals surface area contributed by atoms with Gasteiger partial charge in [0, 0.05) is 6.42 Å². The first kappa shape index (κ1) is 22.3. The maximum atomic E-state index is 12.7. The summed E-state index contributed by atoms with van der Waals surface area (Å²) in [6.45, 7) is 4.07. The molecule has 0 heterocycles. The van der Waals surface area contributed by atoms with E-state index >= 15 is 0 Å².